The van der Waals surface area contributed by atoms with Gasteiger partial charge in [-0.2, -0.15) is 0 Å². The Morgan fingerprint density at radius 1 is 1.11 bits per heavy atom. The second kappa shape index (κ2) is 7.92. The minimum absolute atomic E-state index is 0.914. The first kappa shape index (κ1) is 8.92. The van der Waals surface area contributed by atoms with Crippen LogP contribution in [0.1, 0.15) is 25.7 Å². The molecule has 0 amide bonds. The van der Waals surface area contributed by atoms with Gasteiger partial charge in [0.15, 0.2) is 0 Å². The zero-order chi connectivity index (χ0) is 6.95. The molecule has 0 aliphatic rings. The van der Waals surface area contributed by atoms with Crippen molar-refractivity contribution in [1.29, 1.82) is 0 Å². The second-order valence-corrected chi connectivity index (χ2v) is 2.26. The van der Waals surface area contributed by atoms with Crippen molar-refractivity contribution in [2.75, 3.05) is 20.3 Å². The summed E-state index contributed by atoms with van der Waals surface area (Å²) in [6.45, 7) is 1.99. The molecular formula is C7H18NO+. The summed E-state index contributed by atoms with van der Waals surface area (Å²) in [4.78, 5) is 0. The topological polar surface area (TPSA) is 36.9 Å². The van der Waals surface area contributed by atoms with Gasteiger partial charge in [-0.15, -0.1) is 0 Å². The molecule has 0 aromatic carbocycles. The summed E-state index contributed by atoms with van der Waals surface area (Å²) in [7, 11) is 1.75. The first-order valence-corrected chi connectivity index (χ1v) is 3.70. The fraction of sp³-hybridized carbons (Fsp3) is 1.00. The molecule has 0 aliphatic carbocycles. The van der Waals surface area contributed by atoms with Crippen LogP contribution < -0.4 is 5.73 Å². The van der Waals surface area contributed by atoms with Crippen LogP contribution in [0.2, 0.25) is 0 Å². The SMILES string of the molecule is COCCCCCC[NH3+]. The minimum Gasteiger partial charge on any atom is -0.385 e. The van der Waals surface area contributed by atoms with Crippen LogP contribution in [-0.4, -0.2) is 20.3 Å². The molecule has 0 bridgehead atoms. The van der Waals surface area contributed by atoms with E-state index in [1.54, 1.807) is 7.11 Å². The third-order valence-corrected chi connectivity index (χ3v) is 1.35. The average Bonchev–Trinajstić information content (AvgIpc) is 1.89. The molecule has 0 heterocycles. The number of methoxy groups -OCH3 is 1. The summed E-state index contributed by atoms with van der Waals surface area (Å²) in [5, 5.41) is 0. The summed E-state index contributed by atoms with van der Waals surface area (Å²) < 4.78 is 4.91. The molecule has 56 valence electrons. The van der Waals surface area contributed by atoms with Crippen molar-refractivity contribution in [3.8, 4) is 0 Å². The number of rotatable bonds is 6. The van der Waals surface area contributed by atoms with Crippen molar-refractivity contribution < 1.29 is 10.5 Å². The van der Waals surface area contributed by atoms with E-state index in [9.17, 15) is 0 Å². The Kier molecular flexibility index (Phi) is 7.85. The van der Waals surface area contributed by atoms with Crippen LogP contribution in [0.3, 0.4) is 0 Å². The highest BCUT2D eigenvalue weighted by atomic mass is 16.5. The zero-order valence-corrected chi connectivity index (χ0v) is 6.36. The van der Waals surface area contributed by atoms with E-state index in [1.165, 1.54) is 25.7 Å². The van der Waals surface area contributed by atoms with Crippen molar-refractivity contribution in [3.63, 3.8) is 0 Å². The molecule has 0 fully saturated rings. The van der Waals surface area contributed by atoms with E-state index in [1.807, 2.05) is 0 Å². The zero-order valence-electron chi connectivity index (χ0n) is 6.36. The standard InChI is InChI=1S/C7H17NO/c1-9-7-5-3-2-4-6-8/h2-8H2,1H3/p+1. The maximum Gasteiger partial charge on any atom is 0.0739 e. The third kappa shape index (κ3) is 7.92. The first-order chi connectivity index (χ1) is 4.41. The first-order valence-electron chi connectivity index (χ1n) is 3.70. The van der Waals surface area contributed by atoms with Gasteiger partial charge in [0.2, 0.25) is 0 Å². The van der Waals surface area contributed by atoms with Crippen molar-refractivity contribution in [2.24, 2.45) is 0 Å². The van der Waals surface area contributed by atoms with E-state index >= 15 is 0 Å². The summed E-state index contributed by atoms with van der Waals surface area (Å²) >= 11 is 0. The van der Waals surface area contributed by atoms with Gasteiger partial charge in [-0.3, -0.25) is 0 Å². The Hall–Kier alpha value is -0.0800. The number of ether oxygens (including phenoxy) is 1. The van der Waals surface area contributed by atoms with E-state index in [4.69, 9.17) is 4.74 Å². The number of unbranched alkanes of at least 4 members (excludes halogenated alkanes) is 3. The Bertz CT molecular complexity index is 42.2. The monoisotopic (exact) mass is 132 g/mol. The van der Waals surface area contributed by atoms with Crippen molar-refractivity contribution in [1.82, 2.24) is 0 Å². The normalized spacial score (nSPS) is 10.0. The molecule has 3 N–H and O–H groups in total. The molecule has 0 unspecified atom stereocenters. The third-order valence-electron chi connectivity index (χ3n) is 1.35. The molecule has 2 nitrogen and oxygen atoms in total. The van der Waals surface area contributed by atoms with Crippen molar-refractivity contribution >= 4 is 0 Å². The molecule has 0 aliphatic heterocycles. The Morgan fingerprint density at radius 3 is 2.33 bits per heavy atom. The Labute approximate surface area is 57.4 Å². The highest BCUT2D eigenvalue weighted by Crippen LogP contribution is 1.97. The predicted molar refractivity (Wildman–Crippen MR) is 38.1 cm³/mol. The summed E-state index contributed by atoms with van der Waals surface area (Å²) in [5.74, 6) is 0. The lowest BCUT2D eigenvalue weighted by atomic mass is 10.2. The van der Waals surface area contributed by atoms with Crippen molar-refractivity contribution in [3.05, 3.63) is 0 Å². The summed E-state index contributed by atoms with van der Waals surface area (Å²) in [6.07, 6.45) is 5.08. The lowest BCUT2D eigenvalue weighted by molar-refractivity contribution is -0.368. The fourth-order valence-corrected chi connectivity index (χ4v) is 0.777. The number of quaternary nitrogens is 1. The van der Waals surface area contributed by atoms with Gasteiger partial charge >= 0.3 is 0 Å². The molecule has 0 saturated carbocycles. The summed E-state index contributed by atoms with van der Waals surface area (Å²) in [6, 6.07) is 0. The molecular weight excluding hydrogens is 114 g/mol. The summed E-state index contributed by atoms with van der Waals surface area (Å²) in [5.41, 5.74) is 3.77. The van der Waals surface area contributed by atoms with Crippen LogP contribution in [0.4, 0.5) is 0 Å². The molecule has 0 saturated heterocycles. The van der Waals surface area contributed by atoms with Gasteiger partial charge in [-0.05, 0) is 19.3 Å². The lowest BCUT2D eigenvalue weighted by Gasteiger charge is -1.96. The Balaban J connectivity index is 2.60. The van der Waals surface area contributed by atoms with Crippen LogP contribution >= 0.6 is 0 Å². The van der Waals surface area contributed by atoms with Crippen LogP contribution in [-0.2, 0) is 4.74 Å². The largest absolute Gasteiger partial charge is 0.385 e. The maximum absolute atomic E-state index is 4.91. The van der Waals surface area contributed by atoms with Crippen LogP contribution in [0.15, 0.2) is 0 Å². The molecule has 0 aromatic heterocycles. The number of hydrogen-bond donors (Lipinski definition) is 1. The highest BCUT2D eigenvalue weighted by molar-refractivity contribution is 4.39. The van der Waals surface area contributed by atoms with Crippen molar-refractivity contribution in [2.45, 2.75) is 25.7 Å². The quantitative estimate of drug-likeness (QED) is 0.523. The van der Waals surface area contributed by atoms with Gasteiger partial charge in [0, 0.05) is 13.7 Å². The molecule has 0 spiro atoms. The van der Waals surface area contributed by atoms with Gasteiger partial charge in [0.05, 0.1) is 6.54 Å². The van der Waals surface area contributed by atoms with Gasteiger partial charge < -0.3 is 10.5 Å². The molecule has 0 rings (SSSR count). The van der Waals surface area contributed by atoms with E-state index in [2.05, 4.69) is 5.73 Å². The van der Waals surface area contributed by atoms with Gasteiger partial charge in [0.25, 0.3) is 0 Å². The molecule has 0 radical (unpaired) electrons. The minimum atomic E-state index is 0.914. The molecule has 0 aromatic rings. The van der Waals surface area contributed by atoms with Gasteiger partial charge in [-0.1, -0.05) is 6.42 Å². The van der Waals surface area contributed by atoms with Gasteiger partial charge in [-0.25, -0.2) is 0 Å². The Morgan fingerprint density at radius 2 is 1.78 bits per heavy atom. The van der Waals surface area contributed by atoms with Crippen LogP contribution in [0.5, 0.6) is 0 Å². The smallest absolute Gasteiger partial charge is 0.0739 e. The molecule has 0 atom stereocenters. The predicted octanol–water partition coefficient (Wildman–Crippen LogP) is 0.435. The second-order valence-electron chi connectivity index (χ2n) is 2.26. The van der Waals surface area contributed by atoms with E-state index in [0.29, 0.717) is 0 Å². The van der Waals surface area contributed by atoms with E-state index in [0.717, 1.165) is 13.2 Å². The number of hydrogen-bond acceptors (Lipinski definition) is 1. The highest BCUT2D eigenvalue weighted by Gasteiger charge is 1.87. The fourth-order valence-electron chi connectivity index (χ4n) is 0.777. The molecule has 9 heavy (non-hydrogen) atoms. The van der Waals surface area contributed by atoms with Crippen LogP contribution in [0, 0.1) is 0 Å². The lowest BCUT2D eigenvalue weighted by Crippen LogP contribution is -2.50. The van der Waals surface area contributed by atoms with E-state index < -0.39 is 0 Å². The van der Waals surface area contributed by atoms with E-state index in [-0.39, 0.29) is 0 Å². The molecule has 2 heteroatoms. The maximum atomic E-state index is 4.91. The van der Waals surface area contributed by atoms with Crippen LogP contribution in [0.25, 0.3) is 0 Å². The van der Waals surface area contributed by atoms with Gasteiger partial charge in [0.1, 0.15) is 0 Å². The average molecular weight is 132 g/mol.